The molecule has 212 valence electrons. The summed E-state index contributed by atoms with van der Waals surface area (Å²) in [5.74, 6) is -1.02. The number of aliphatic carboxylic acids is 1. The van der Waals surface area contributed by atoms with Crippen molar-refractivity contribution in [3.8, 4) is 5.75 Å². The van der Waals surface area contributed by atoms with Crippen molar-refractivity contribution in [3.05, 3.63) is 53.1 Å². The fourth-order valence-electron chi connectivity index (χ4n) is 5.79. The molecule has 40 heavy (non-hydrogen) atoms. The van der Waals surface area contributed by atoms with Crippen molar-refractivity contribution in [3.63, 3.8) is 0 Å². The van der Waals surface area contributed by atoms with Gasteiger partial charge in [0.05, 0.1) is 47.4 Å². The summed E-state index contributed by atoms with van der Waals surface area (Å²) in [5.41, 5.74) is 1.89. The fourth-order valence-corrected chi connectivity index (χ4v) is 6.73. The maximum absolute atomic E-state index is 13.9. The van der Waals surface area contributed by atoms with Crippen molar-refractivity contribution in [2.75, 3.05) is 59.4 Å². The number of carbonyl (C=O) groups is 3. The lowest BCUT2D eigenvalue weighted by molar-refractivity contribution is -0.144. The highest BCUT2D eigenvalue weighted by atomic mass is 32.1. The van der Waals surface area contributed by atoms with E-state index in [1.54, 1.807) is 24.1 Å². The quantitative estimate of drug-likeness (QED) is 0.443. The minimum atomic E-state index is -1.08. The van der Waals surface area contributed by atoms with Crippen LogP contribution in [0, 0.1) is 5.41 Å². The standard InChI is InChI=1S/C29H34N4O6S/c1-31(2)16-20-17-33(9-10-39-20)26(36)21-11-22-24(12-23(21)38-4)40-28(30-22)32(3)27(37)29(15-25(34)35)13-18-7-5-6-8-19(18)14-29/h5-8,11-12,20H,9-10,13-17H2,1-4H3,(H,34,35). The summed E-state index contributed by atoms with van der Waals surface area (Å²) < 4.78 is 12.2. The van der Waals surface area contributed by atoms with E-state index in [2.05, 4.69) is 0 Å². The topological polar surface area (TPSA) is 113 Å². The van der Waals surface area contributed by atoms with Crippen LogP contribution in [0.2, 0.25) is 0 Å². The number of carboxylic acid groups (broad SMARTS) is 1. The van der Waals surface area contributed by atoms with Gasteiger partial charge in [0.15, 0.2) is 5.13 Å². The van der Waals surface area contributed by atoms with E-state index in [9.17, 15) is 19.5 Å². The van der Waals surface area contributed by atoms with Gasteiger partial charge in [-0.05, 0) is 44.1 Å². The van der Waals surface area contributed by atoms with Crippen LogP contribution >= 0.6 is 11.3 Å². The van der Waals surface area contributed by atoms with E-state index in [0.717, 1.165) is 15.8 Å². The molecule has 2 aromatic carbocycles. The van der Waals surface area contributed by atoms with Crippen LogP contribution in [0.15, 0.2) is 36.4 Å². The number of thiazole rings is 1. The molecule has 1 unspecified atom stereocenters. The zero-order valence-electron chi connectivity index (χ0n) is 23.2. The maximum atomic E-state index is 13.9. The number of methoxy groups -OCH3 is 1. The SMILES string of the molecule is COc1cc2sc(N(C)C(=O)C3(CC(=O)O)Cc4ccccc4C3)nc2cc1C(=O)N1CCOC(CN(C)C)C1. The van der Waals surface area contributed by atoms with Crippen LogP contribution in [0.5, 0.6) is 5.75 Å². The number of anilines is 1. The van der Waals surface area contributed by atoms with Gasteiger partial charge in [-0.15, -0.1) is 0 Å². The molecule has 0 radical (unpaired) electrons. The second-order valence-corrected chi connectivity index (χ2v) is 11.9. The predicted octanol–water partition coefficient (Wildman–Crippen LogP) is 2.93. The number of benzene rings is 2. The van der Waals surface area contributed by atoms with Crippen molar-refractivity contribution in [1.82, 2.24) is 14.8 Å². The first-order valence-corrected chi connectivity index (χ1v) is 14.0. The first-order valence-electron chi connectivity index (χ1n) is 13.2. The molecule has 0 saturated carbocycles. The number of ether oxygens (including phenoxy) is 2. The number of likely N-dealkylation sites (N-methyl/N-ethyl adjacent to an activating group) is 1. The molecule has 1 aliphatic carbocycles. The number of hydrogen-bond donors (Lipinski definition) is 1. The Balaban J connectivity index is 1.42. The van der Waals surface area contributed by atoms with Crippen molar-refractivity contribution in [2.24, 2.45) is 5.41 Å². The van der Waals surface area contributed by atoms with Gasteiger partial charge in [-0.1, -0.05) is 35.6 Å². The molecule has 10 nitrogen and oxygen atoms in total. The number of rotatable bonds is 8. The average Bonchev–Trinajstić information content (AvgIpc) is 3.51. The Labute approximate surface area is 237 Å². The maximum Gasteiger partial charge on any atom is 0.304 e. The molecule has 1 aliphatic heterocycles. The third-order valence-corrected chi connectivity index (χ3v) is 8.73. The Morgan fingerprint density at radius 1 is 1.18 bits per heavy atom. The van der Waals surface area contributed by atoms with Gasteiger partial charge in [0.2, 0.25) is 5.91 Å². The van der Waals surface area contributed by atoms with Crippen LogP contribution in [-0.4, -0.2) is 98.3 Å². The van der Waals surface area contributed by atoms with Gasteiger partial charge in [0.25, 0.3) is 5.91 Å². The number of aromatic nitrogens is 1. The van der Waals surface area contributed by atoms with E-state index in [4.69, 9.17) is 14.5 Å². The zero-order valence-corrected chi connectivity index (χ0v) is 24.0. The molecule has 0 bridgehead atoms. The second-order valence-electron chi connectivity index (χ2n) is 10.9. The number of carboxylic acids is 1. The molecule has 5 rings (SSSR count). The summed E-state index contributed by atoms with van der Waals surface area (Å²) in [6.07, 6.45) is 0.388. The van der Waals surface area contributed by atoms with Crippen LogP contribution in [0.25, 0.3) is 10.2 Å². The second kappa shape index (κ2) is 11.1. The van der Waals surface area contributed by atoms with E-state index < -0.39 is 11.4 Å². The molecule has 1 aromatic heterocycles. The van der Waals surface area contributed by atoms with E-state index in [-0.39, 0.29) is 24.3 Å². The number of carbonyl (C=O) groups excluding carboxylic acids is 2. The highest BCUT2D eigenvalue weighted by Gasteiger charge is 2.47. The summed E-state index contributed by atoms with van der Waals surface area (Å²) in [6.45, 7) is 2.14. The first kappa shape index (κ1) is 28.0. The van der Waals surface area contributed by atoms with Crippen LogP contribution < -0.4 is 9.64 Å². The number of hydrogen-bond acceptors (Lipinski definition) is 8. The Morgan fingerprint density at radius 3 is 2.50 bits per heavy atom. The fraction of sp³-hybridized carbons (Fsp3) is 0.448. The molecule has 3 aromatic rings. The van der Waals surface area contributed by atoms with E-state index in [0.29, 0.717) is 61.0 Å². The molecule has 11 heteroatoms. The molecular weight excluding hydrogens is 532 g/mol. The summed E-state index contributed by atoms with van der Waals surface area (Å²) in [7, 11) is 7.10. The number of fused-ring (bicyclic) bond motifs is 2. The van der Waals surface area contributed by atoms with E-state index in [1.807, 2.05) is 43.3 Å². The number of morpholine rings is 1. The van der Waals surface area contributed by atoms with Crippen molar-refractivity contribution in [1.29, 1.82) is 0 Å². The van der Waals surface area contributed by atoms with E-state index in [1.165, 1.54) is 23.3 Å². The molecule has 1 saturated heterocycles. The van der Waals surface area contributed by atoms with Crippen LogP contribution in [0.1, 0.15) is 27.9 Å². The Bertz CT molecular complexity index is 1430. The molecule has 1 atom stereocenters. The lowest BCUT2D eigenvalue weighted by atomic mass is 9.80. The van der Waals surface area contributed by atoms with Gasteiger partial charge < -0.3 is 24.4 Å². The van der Waals surface area contributed by atoms with Gasteiger partial charge in [0, 0.05) is 32.7 Å². The molecular formula is C29H34N4O6S. The van der Waals surface area contributed by atoms with Gasteiger partial charge in [0.1, 0.15) is 5.75 Å². The Hall–Kier alpha value is -3.54. The normalized spacial score (nSPS) is 18.1. The van der Waals surface area contributed by atoms with Crippen LogP contribution in [0.4, 0.5) is 5.13 Å². The lowest BCUT2D eigenvalue weighted by Gasteiger charge is -2.34. The molecule has 0 spiro atoms. The zero-order chi connectivity index (χ0) is 28.6. The van der Waals surface area contributed by atoms with Gasteiger partial charge in [-0.25, -0.2) is 4.98 Å². The van der Waals surface area contributed by atoms with Gasteiger partial charge in [-0.3, -0.25) is 19.3 Å². The van der Waals surface area contributed by atoms with E-state index >= 15 is 0 Å². The van der Waals surface area contributed by atoms with Crippen LogP contribution in [-0.2, 0) is 27.2 Å². The predicted molar refractivity (Wildman–Crippen MR) is 152 cm³/mol. The smallest absolute Gasteiger partial charge is 0.304 e. The van der Waals surface area contributed by atoms with Crippen molar-refractivity contribution < 1.29 is 29.0 Å². The first-order chi connectivity index (χ1) is 19.1. The number of nitrogens with zero attached hydrogens (tertiary/aromatic N) is 4. The molecule has 2 heterocycles. The summed E-state index contributed by atoms with van der Waals surface area (Å²) in [4.78, 5) is 49.3. The Kier molecular flexibility index (Phi) is 7.80. The minimum absolute atomic E-state index is 0.0761. The summed E-state index contributed by atoms with van der Waals surface area (Å²) in [6, 6.07) is 11.2. The highest BCUT2D eigenvalue weighted by molar-refractivity contribution is 7.22. The largest absolute Gasteiger partial charge is 0.496 e. The summed E-state index contributed by atoms with van der Waals surface area (Å²) >= 11 is 1.30. The lowest BCUT2D eigenvalue weighted by Crippen LogP contribution is -2.48. The third kappa shape index (κ3) is 5.41. The summed E-state index contributed by atoms with van der Waals surface area (Å²) in [5, 5.41) is 10.1. The van der Waals surface area contributed by atoms with Crippen LogP contribution in [0.3, 0.4) is 0 Å². The Morgan fingerprint density at radius 2 is 1.88 bits per heavy atom. The third-order valence-electron chi connectivity index (χ3n) is 7.63. The average molecular weight is 567 g/mol. The molecule has 2 aliphatic rings. The van der Waals surface area contributed by atoms with Crippen molar-refractivity contribution >= 4 is 44.5 Å². The number of amides is 2. The highest BCUT2D eigenvalue weighted by Crippen LogP contribution is 2.43. The molecule has 1 fully saturated rings. The van der Waals surface area contributed by atoms with Crippen molar-refractivity contribution in [2.45, 2.75) is 25.4 Å². The molecule has 2 amide bonds. The minimum Gasteiger partial charge on any atom is -0.496 e. The van der Waals surface area contributed by atoms with Gasteiger partial charge >= 0.3 is 5.97 Å². The van der Waals surface area contributed by atoms with Gasteiger partial charge in [-0.2, -0.15) is 0 Å². The monoisotopic (exact) mass is 566 g/mol. The molecule has 1 N–H and O–H groups in total.